The molecular weight excluding hydrogens is 135 g/mol. The topological polar surface area (TPSA) is 55.5 Å². The van der Waals surface area contributed by atoms with Crippen LogP contribution in [0.25, 0.3) is 0 Å². The molecule has 0 aromatic heterocycles. The Bertz CT molecular complexity index is 212. The van der Waals surface area contributed by atoms with Crippen molar-refractivity contribution in [2.45, 2.75) is 12.2 Å². The number of carbonyl (C=O) groups is 1. The van der Waals surface area contributed by atoms with Gasteiger partial charge in [-0.1, -0.05) is 6.08 Å². The van der Waals surface area contributed by atoms with Gasteiger partial charge in [0.1, 0.15) is 0 Å². The number of rotatable bonds is 1. The molecule has 1 aliphatic heterocycles. The van der Waals surface area contributed by atoms with E-state index >= 15 is 0 Å². The number of hydrogen-bond acceptors (Lipinski definition) is 2. The number of amides is 1. The third kappa shape index (κ3) is 1.05. The fraction of sp³-hybridized carbons (Fsp3) is 0.333. The van der Waals surface area contributed by atoms with E-state index < -0.39 is 11.7 Å². The molecule has 3 nitrogen and oxygen atoms in total. The molecule has 0 aliphatic carbocycles. The molecule has 0 aromatic rings. The third-order valence-corrected chi connectivity index (χ3v) is 1.27. The minimum atomic E-state index is -2.20. The van der Waals surface area contributed by atoms with E-state index in [1.165, 1.54) is 12.3 Å². The molecule has 0 bridgehead atoms. The van der Waals surface area contributed by atoms with Gasteiger partial charge in [-0.05, 0) is 6.08 Å². The summed E-state index contributed by atoms with van der Waals surface area (Å²) in [5, 5.41) is 0. The van der Waals surface area contributed by atoms with Crippen molar-refractivity contribution in [1.82, 2.24) is 0 Å². The molecule has 0 radical (unpaired) electrons. The molecular formula is C6H7FN2O. The number of alkyl halides is 1. The van der Waals surface area contributed by atoms with E-state index in [9.17, 15) is 9.18 Å². The lowest BCUT2D eigenvalue weighted by Crippen LogP contribution is -2.38. The van der Waals surface area contributed by atoms with Crippen LogP contribution in [0, 0.1) is 0 Å². The standard InChI is InChI=1S/C6H7FN2O/c7-6(5(8)10)3-1-2-4-9-6/h1-2,4H,3H2,(H2,8,10). The van der Waals surface area contributed by atoms with Gasteiger partial charge in [-0.25, -0.2) is 9.38 Å². The predicted molar refractivity (Wildman–Crippen MR) is 35.3 cm³/mol. The first kappa shape index (κ1) is 6.92. The fourth-order valence-electron chi connectivity index (χ4n) is 0.663. The number of nitrogens with zero attached hydrogens (tertiary/aromatic N) is 1. The first-order chi connectivity index (χ1) is 4.65. The summed E-state index contributed by atoms with van der Waals surface area (Å²) in [4.78, 5) is 13.7. The number of aliphatic imine (C=N–C) groups is 1. The van der Waals surface area contributed by atoms with E-state index in [1.54, 1.807) is 6.08 Å². The van der Waals surface area contributed by atoms with Gasteiger partial charge in [-0.3, -0.25) is 4.79 Å². The molecule has 54 valence electrons. The Morgan fingerprint density at radius 2 is 2.50 bits per heavy atom. The number of halogens is 1. The zero-order valence-corrected chi connectivity index (χ0v) is 5.25. The van der Waals surface area contributed by atoms with Crippen molar-refractivity contribution in [3.8, 4) is 0 Å². The van der Waals surface area contributed by atoms with Gasteiger partial charge in [-0.15, -0.1) is 0 Å². The highest BCUT2D eigenvalue weighted by Crippen LogP contribution is 2.19. The van der Waals surface area contributed by atoms with Gasteiger partial charge in [0.2, 0.25) is 0 Å². The average Bonchev–Trinajstić information content (AvgIpc) is 1.89. The molecule has 2 N–H and O–H groups in total. The Kier molecular flexibility index (Phi) is 1.53. The molecule has 1 rings (SSSR count). The van der Waals surface area contributed by atoms with Crippen LogP contribution in [0.5, 0.6) is 0 Å². The second-order valence-corrected chi connectivity index (χ2v) is 2.03. The Balaban J connectivity index is 2.80. The summed E-state index contributed by atoms with van der Waals surface area (Å²) in [5.41, 5.74) is 4.74. The maximum Gasteiger partial charge on any atom is 0.281 e. The van der Waals surface area contributed by atoms with Crippen molar-refractivity contribution in [1.29, 1.82) is 0 Å². The van der Waals surface area contributed by atoms with Crippen molar-refractivity contribution < 1.29 is 9.18 Å². The number of carbonyl (C=O) groups excluding carboxylic acids is 1. The molecule has 0 fully saturated rings. The lowest BCUT2D eigenvalue weighted by molar-refractivity contribution is -0.128. The van der Waals surface area contributed by atoms with Gasteiger partial charge in [-0.2, -0.15) is 0 Å². The van der Waals surface area contributed by atoms with Crippen molar-refractivity contribution >= 4 is 12.1 Å². The molecule has 0 saturated heterocycles. The van der Waals surface area contributed by atoms with E-state index in [-0.39, 0.29) is 6.42 Å². The van der Waals surface area contributed by atoms with Crippen molar-refractivity contribution in [2.24, 2.45) is 10.7 Å². The Morgan fingerprint density at radius 1 is 1.80 bits per heavy atom. The number of allylic oxidation sites excluding steroid dienone is 1. The highest BCUT2D eigenvalue weighted by Gasteiger charge is 2.34. The van der Waals surface area contributed by atoms with Crippen LogP contribution in [-0.4, -0.2) is 17.9 Å². The van der Waals surface area contributed by atoms with Gasteiger partial charge in [0.15, 0.2) is 0 Å². The van der Waals surface area contributed by atoms with Crippen LogP contribution in [0.2, 0.25) is 0 Å². The summed E-state index contributed by atoms with van der Waals surface area (Å²) in [6.07, 6.45) is 4.26. The van der Waals surface area contributed by atoms with Crippen LogP contribution in [0.4, 0.5) is 4.39 Å². The first-order valence-corrected chi connectivity index (χ1v) is 2.84. The van der Waals surface area contributed by atoms with E-state index in [4.69, 9.17) is 5.73 Å². The molecule has 1 heterocycles. The van der Waals surface area contributed by atoms with E-state index in [0.717, 1.165) is 0 Å². The Morgan fingerprint density at radius 3 is 2.80 bits per heavy atom. The molecule has 1 unspecified atom stereocenters. The molecule has 1 aliphatic rings. The highest BCUT2D eigenvalue weighted by atomic mass is 19.1. The van der Waals surface area contributed by atoms with Gasteiger partial charge in [0, 0.05) is 12.6 Å². The Labute approximate surface area is 57.4 Å². The summed E-state index contributed by atoms with van der Waals surface area (Å²) in [6.45, 7) is 0. The molecule has 0 aromatic carbocycles. The smallest absolute Gasteiger partial charge is 0.281 e. The molecule has 10 heavy (non-hydrogen) atoms. The summed E-state index contributed by atoms with van der Waals surface area (Å²) >= 11 is 0. The minimum Gasteiger partial charge on any atom is -0.365 e. The van der Waals surface area contributed by atoms with Crippen LogP contribution in [-0.2, 0) is 4.79 Å². The van der Waals surface area contributed by atoms with E-state index in [0.29, 0.717) is 0 Å². The van der Waals surface area contributed by atoms with Crippen molar-refractivity contribution in [2.75, 3.05) is 0 Å². The largest absolute Gasteiger partial charge is 0.365 e. The predicted octanol–water partition coefficient (Wildman–Crippen LogP) is 0.168. The van der Waals surface area contributed by atoms with E-state index in [2.05, 4.69) is 4.99 Å². The van der Waals surface area contributed by atoms with Crippen LogP contribution in [0.3, 0.4) is 0 Å². The van der Waals surface area contributed by atoms with Crippen LogP contribution < -0.4 is 5.73 Å². The molecule has 0 saturated carbocycles. The molecule has 4 heteroatoms. The van der Waals surface area contributed by atoms with Gasteiger partial charge in [0.05, 0.1) is 0 Å². The summed E-state index contributed by atoms with van der Waals surface area (Å²) in [5.74, 6) is -3.23. The van der Waals surface area contributed by atoms with Crippen molar-refractivity contribution in [3.63, 3.8) is 0 Å². The van der Waals surface area contributed by atoms with Gasteiger partial charge in [0.25, 0.3) is 11.7 Å². The third-order valence-electron chi connectivity index (χ3n) is 1.27. The summed E-state index contributed by atoms with van der Waals surface area (Å²) in [7, 11) is 0. The fourth-order valence-corrected chi connectivity index (χ4v) is 0.663. The zero-order valence-electron chi connectivity index (χ0n) is 5.25. The lowest BCUT2D eigenvalue weighted by Gasteiger charge is -2.15. The quantitative estimate of drug-likeness (QED) is 0.521. The maximum atomic E-state index is 13.0. The van der Waals surface area contributed by atoms with E-state index in [1.807, 2.05) is 0 Å². The first-order valence-electron chi connectivity index (χ1n) is 2.84. The second-order valence-electron chi connectivity index (χ2n) is 2.03. The number of dihydropyridines is 1. The lowest BCUT2D eigenvalue weighted by atomic mass is 10.1. The highest BCUT2D eigenvalue weighted by molar-refractivity contribution is 5.87. The monoisotopic (exact) mass is 142 g/mol. The summed E-state index contributed by atoms with van der Waals surface area (Å²) in [6, 6.07) is 0. The number of hydrogen-bond donors (Lipinski definition) is 1. The van der Waals surface area contributed by atoms with Crippen LogP contribution in [0.1, 0.15) is 6.42 Å². The van der Waals surface area contributed by atoms with Gasteiger partial charge < -0.3 is 5.73 Å². The molecule has 1 amide bonds. The average molecular weight is 142 g/mol. The minimum absolute atomic E-state index is 0.0567. The van der Waals surface area contributed by atoms with Crippen LogP contribution >= 0.6 is 0 Å². The SMILES string of the molecule is NC(=O)C1(F)CC=CC=N1. The second kappa shape index (κ2) is 2.21. The number of primary amides is 1. The molecule has 0 spiro atoms. The maximum absolute atomic E-state index is 13.0. The summed E-state index contributed by atoms with van der Waals surface area (Å²) < 4.78 is 13.0. The Hall–Kier alpha value is -1.19. The normalized spacial score (nSPS) is 30.5. The molecule has 1 atom stereocenters. The zero-order chi connectivity index (χ0) is 7.61. The van der Waals surface area contributed by atoms with Crippen LogP contribution in [0.15, 0.2) is 17.1 Å². The van der Waals surface area contributed by atoms with Gasteiger partial charge >= 0.3 is 0 Å². The van der Waals surface area contributed by atoms with Crippen molar-refractivity contribution in [3.05, 3.63) is 12.2 Å². The number of nitrogens with two attached hydrogens (primary N) is 1.